The maximum Gasteiger partial charge on any atom is 0.330 e. The summed E-state index contributed by atoms with van der Waals surface area (Å²) >= 11 is 0. The van der Waals surface area contributed by atoms with Gasteiger partial charge in [-0.25, -0.2) is 4.79 Å². The highest BCUT2D eigenvalue weighted by atomic mass is 28.4. The predicted octanol–water partition coefficient (Wildman–Crippen LogP) is 5.25. The van der Waals surface area contributed by atoms with E-state index in [9.17, 15) is 9.90 Å². The van der Waals surface area contributed by atoms with Crippen molar-refractivity contribution >= 4 is 14.3 Å². The molecule has 0 radical (unpaired) electrons. The number of furan rings is 1. The average Bonchev–Trinajstić information content (AvgIpc) is 3.08. The van der Waals surface area contributed by atoms with Gasteiger partial charge in [-0.2, -0.15) is 0 Å². The maximum absolute atomic E-state index is 11.5. The lowest BCUT2D eigenvalue weighted by Crippen LogP contribution is -2.51. The van der Waals surface area contributed by atoms with Crippen molar-refractivity contribution in [1.82, 2.24) is 0 Å². The Labute approximate surface area is 171 Å². The van der Waals surface area contributed by atoms with E-state index in [1.165, 1.54) is 6.08 Å². The van der Waals surface area contributed by atoms with E-state index >= 15 is 0 Å². The highest BCUT2D eigenvalue weighted by Gasteiger charge is 2.43. The minimum Gasteiger partial charge on any atom is -0.469 e. The molecule has 0 fully saturated rings. The maximum atomic E-state index is 11.5. The van der Waals surface area contributed by atoms with Crippen LogP contribution in [-0.4, -0.2) is 37.7 Å². The molecule has 2 atom stereocenters. The number of allylic oxidation sites excluding steroid dienone is 1. The van der Waals surface area contributed by atoms with Gasteiger partial charge in [0.25, 0.3) is 0 Å². The van der Waals surface area contributed by atoms with Crippen LogP contribution < -0.4 is 0 Å². The molecule has 1 N–H and O–H groups in total. The van der Waals surface area contributed by atoms with Crippen LogP contribution in [-0.2, 0) is 20.4 Å². The fourth-order valence-corrected chi connectivity index (χ4v) is 4.08. The fraction of sp³-hybridized carbons (Fsp3) is 0.682. The van der Waals surface area contributed by atoms with Crippen molar-refractivity contribution in [3.05, 3.63) is 36.3 Å². The van der Waals surface area contributed by atoms with Gasteiger partial charge in [-0.15, -0.1) is 0 Å². The molecule has 0 spiro atoms. The molecule has 1 aromatic heterocycles. The summed E-state index contributed by atoms with van der Waals surface area (Å²) in [4.78, 5) is 11.5. The van der Waals surface area contributed by atoms with Crippen LogP contribution in [0.15, 0.2) is 35.0 Å². The van der Waals surface area contributed by atoms with Gasteiger partial charge in [-0.1, -0.05) is 26.8 Å². The van der Waals surface area contributed by atoms with Crippen molar-refractivity contribution in [3.8, 4) is 0 Å². The van der Waals surface area contributed by atoms with Gasteiger partial charge in [0.15, 0.2) is 8.32 Å². The third kappa shape index (κ3) is 7.93. The molecule has 0 saturated carbocycles. The zero-order chi connectivity index (χ0) is 21.4. The number of carbonyl (C=O) groups is 1. The highest BCUT2D eigenvalue weighted by Crippen LogP contribution is 2.39. The van der Waals surface area contributed by atoms with Crippen molar-refractivity contribution < 1.29 is 23.5 Å². The average molecular weight is 411 g/mol. The van der Waals surface area contributed by atoms with Crippen LogP contribution in [0.3, 0.4) is 0 Å². The number of rotatable bonds is 11. The van der Waals surface area contributed by atoms with E-state index in [1.807, 2.05) is 19.1 Å². The quantitative estimate of drug-likeness (QED) is 0.306. The number of ether oxygens (including phenoxy) is 1. The normalized spacial score (nSPS) is 16.1. The van der Waals surface area contributed by atoms with E-state index in [4.69, 9.17) is 13.6 Å². The molecule has 6 heteroatoms. The van der Waals surface area contributed by atoms with Gasteiger partial charge in [-0.3, -0.25) is 0 Å². The summed E-state index contributed by atoms with van der Waals surface area (Å²) in [5.41, 5.74) is -1.000. The molecule has 0 aliphatic rings. The second-order valence-electron chi connectivity index (χ2n) is 9.04. The van der Waals surface area contributed by atoms with Gasteiger partial charge < -0.3 is 18.7 Å². The van der Waals surface area contributed by atoms with Gasteiger partial charge in [0.1, 0.15) is 5.76 Å². The molecule has 5 nitrogen and oxygen atoms in total. The van der Waals surface area contributed by atoms with E-state index < -0.39 is 13.9 Å². The van der Waals surface area contributed by atoms with E-state index in [0.717, 1.165) is 5.76 Å². The first kappa shape index (κ1) is 24.7. The van der Waals surface area contributed by atoms with Crippen LogP contribution in [0.4, 0.5) is 0 Å². The Bertz CT molecular complexity index is 611. The Hall–Kier alpha value is -1.37. The minimum absolute atomic E-state index is 0.0448. The Kier molecular flexibility index (Phi) is 9.18. The van der Waals surface area contributed by atoms with Crippen molar-refractivity contribution in [2.45, 2.75) is 90.1 Å². The van der Waals surface area contributed by atoms with Crippen LogP contribution in [0.25, 0.3) is 0 Å². The van der Waals surface area contributed by atoms with Crippen molar-refractivity contribution in [2.75, 3.05) is 6.61 Å². The number of hydrogen-bond donors (Lipinski definition) is 1. The first-order valence-electron chi connectivity index (χ1n) is 10.1. The second-order valence-corrected chi connectivity index (χ2v) is 13.8. The van der Waals surface area contributed by atoms with Gasteiger partial charge in [0.05, 0.1) is 24.6 Å². The monoisotopic (exact) mass is 410 g/mol. The predicted molar refractivity (Wildman–Crippen MR) is 115 cm³/mol. The lowest BCUT2D eigenvalue weighted by Gasteiger charge is -2.43. The van der Waals surface area contributed by atoms with E-state index in [2.05, 4.69) is 33.9 Å². The fourth-order valence-electron chi connectivity index (χ4n) is 2.64. The van der Waals surface area contributed by atoms with Crippen molar-refractivity contribution in [1.29, 1.82) is 0 Å². The van der Waals surface area contributed by atoms with Crippen molar-refractivity contribution in [2.24, 2.45) is 0 Å². The molecule has 0 amide bonds. The Morgan fingerprint density at radius 1 is 1.32 bits per heavy atom. The van der Waals surface area contributed by atoms with Gasteiger partial charge in [0, 0.05) is 12.5 Å². The third-order valence-corrected chi connectivity index (χ3v) is 10.0. The number of esters is 1. The van der Waals surface area contributed by atoms with Crippen LogP contribution >= 0.6 is 0 Å². The minimum atomic E-state index is -2.07. The summed E-state index contributed by atoms with van der Waals surface area (Å²) in [5.74, 6) is 0.516. The summed E-state index contributed by atoms with van der Waals surface area (Å²) in [6, 6.07) is 3.77. The number of carbonyl (C=O) groups excluding carboxylic acids is 1. The summed E-state index contributed by atoms with van der Waals surface area (Å²) in [5, 5.41) is 11.3. The lowest BCUT2D eigenvalue weighted by molar-refractivity contribution is -0.137. The summed E-state index contributed by atoms with van der Waals surface area (Å²) in [6.45, 7) is 14.9. The van der Waals surface area contributed by atoms with Gasteiger partial charge in [-0.05, 0) is 63.4 Å². The molecule has 1 aromatic rings. The third-order valence-electron chi connectivity index (χ3n) is 5.53. The first-order chi connectivity index (χ1) is 12.9. The number of aryl methyl sites for hydroxylation is 1. The molecule has 0 aliphatic heterocycles. The number of hydrogen-bond acceptors (Lipinski definition) is 5. The molecule has 0 saturated heterocycles. The van der Waals surface area contributed by atoms with Crippen LogP contribution in [0.2, 0.25) is 18.1 Å². The van der Waals surface area contributed by atoms with E-state index in [1.54, 1.807) is 19.3 Å². The Morgan fingerprint density at radius 2 is 2.00 bits per heavy atom. The topological polar surface area (TPSA) is 68.9 Å². The molecule has 0 aromatic carbocycles. The second kappa shape index (κ2) is 10.4. The van der Waals surface area contributed by atoms with Crippen LogP contribution in [0.5, 0.6) is 0 Å². The molecular weight excluding hydrogens is 372 g/mol. The van der Waals surface area contributed by atoms with Gasteiger partial charge in [0.2, 0.25) is 0 Å². The molecule has 28 heavy (non-hydrogen) atoms. The number of aliphatic hydroxyl groups is 1. The lowest BCUT2D eigenvalue weighted by atomic mass is 9.90. The summed E-state index contributed by atoms with van der Waals surface area (Å²) in [6.07, 6.45) is 7.02. The first-order valence-corrected chi connectivity index (χ1v) is 13.1. The van der Waals surface area contributed by atoms with E-state index in [-0.39, 0.29) is 17.1 Å². The molecule has 0 unspecified atom stereocenters. The van der Waals surface area contributed by atoms with E-state index in [0.29, 0.717) is 32.3 Å². The highest BCUT2D eigenvalue weighted by molar-refractivity contribution is 6.74. The zero-order valence-corrected chi connectivity index (χ0v) is 19.6. The molecule has 0 bridgehead atoms. The molecule has 160 valence electrons. The Morgan fingerprint density at radius 3 is 2.54 bits per heavy atom. The molecule has 0 aliphatic carbocycles. The van der Waals surface area contributed by atoms with Gasteiger partial charge >= 0.3 is 5.97 Å². The van der Waals surface area contributed by atoms with Crippen molar-refractivity contribution in [3.63, 3.8) is 0 Å². The summed E-state index contributed by atoms with van der Waals surface area (Å²) in [7, 11) is -2.07. The van der Waals surface area contributed by atoms with Crippen LogP contribution in [0.1, 0.15) is 59.6 Å². The molecular formula is C22H38O5Si. The smallest absolute Gasteiger partial charge is 0.330 e. The standard InChI is InChI=1S/C22H38O5Si/c1-8-25-20(23)14-10-9-13-19(27-28(6,7)21(2,3)4)22(5,24)16-15-18-12-11-17-26-18/h10-12,14,17,19,24H,8-9,13,15-16H2,1-7H3/b14-10+/t19-,22+/m1/s1. The Balaban J connectivity index is 2.84. The molecule has 1 rings (SSSR count). The molecule has 1 heterocycles. The zero-order valence-electron chi connectivity index (χ0n) is 18.6. The van der Waals surface area contributed by atoms with Crippen LogP contribution in [0, 0.1) is 0 Å². The SMILES string of the molecule is CCOC(=O)/C=C/CC[C@@H](O[Si](C)(C)C(C)(C)C)[C@@](C)(O)CCc1ccco1. The largest absolute Gasteiger partial charge is 0.469 e. The summed E-state index contributed by atoms with van der Waals surface area (Å²) < 4.78 is 16.9.